The number of phenolic OH excluding ortho intramolecular Hbond substituents is 1. The van der Waals surface area contributed by atoms with Crippen molar-refractivity contribution in [2.45, 2.75) is 31.7 Å². The Hall–Kier alpha value is -1.26. The molecule has 0 bridgehead atoms. The highest BCUT2D eigenvalue weighted by Gasteiger charge is 2.26. The van der Waals surface area contributed by atoms with Crippen molar-refractivity contribution in [1.82, 2.24) is 5.32 Å². The predicted molar refractivity (Wildman–Crippen MR) is 75.4 cm³/mol. The van der Waals surface area contributed by atoms with E-state index in [-0.39, 0.29) is 23.3 Å². The first kappa shape index (κ1) is 14.2. The van der Waals surface area contributed by atoms with E-state index in [1.807, 2.05) is 0 Å². The fourth-order valence-corrected chi connectivity index (χ4v) is 2.79. The second-order valence-corrected chi connectivity index (χ2v) is 5.46. The topological polar surface area (TPSA) is 75.3 Å². The maximum absolute atomic E-state index is 12.2. The van der Waals surface area contributed by atoms with Crippen LogP contribution in [0.3, 0.4) is 0 Å². The summed E-state index contributed by atoms with van der Waals surface area (Å²) in [4.78, 5) is 12.2. The molecule has 0 saturated heterocycles. The van der Waals surface area contributed by atoms with Gasteiger partial charge in [-0.25, -0.2) is 0 Å². The van der Waals surface area contributed by atoms with Crippen LogP contribution in [-0.2, 0) is 0 Å². The maximum Gasteiger partial charge on any atom is 0.255 e. The van der Waals surface area contributed by atoms with Gasteiger partial charge in [-0.05, 0) is 43.5 Å². The minimum atomic E-state index is -0.264. The molecule has 1 aliphatic rings. The summed E-state index contributed by atoms with van der Waals surface area (Å²) in [5.41, 5.74) is 6.00. The largest absolute Gasteiger partial charge is 0.507 e. The molecule has 1 aromatic rings. The Kier molecular flexibility index (Phi) is 4.66. The van der Waals surface area contributed by atoms with Crippen molar-refractivity contribution in [1.29, 1.82) is 0 Å². The molecule has 0 aromatic heterocycles. The van der Waals surface area contributed by atoms with Crippen LogP contribution in [-0.4, -0.2) is 23.6 Å². The first-order chi connectivity index (χ1) is 9.11. The van der Waals surface area contributed by atoms with E-state index >= 15 is 0 Å². The Balaban J connectivity index is 2.07. The van der Waals surface area contributed by atoms with Crippen LogP contribution in [0.15, 0.2) is 18.2 Å². The zero-order chi connectivity index (χ0) is 13.8. The van der Waals surface area contributed by atoms with E-state index < -0.39 is 0 Å². The average molecular weight is 283 g/mol. The van der Waals surface area contributed by atoms with Gasteiger partial charge in [-0.2, -0.15) is 0 Å². The summed E-state index contributed by atoms with van der Waals surface area (Å²) in [6, 6.07) is 4.60. The third-order valence-corrected chi connectivity index (χ3v) is 3.97. The molecule has 0 heterocycles. The number of hydrogen-bond donors (Lipinski definition) is 3. The van der Waals surface area contributed by atoms with Crippen molar-refractivity contribution in [3.63, 3.8) is 0 Å². The highest BCUT2D eigenvalue weighted by molar-refractivity contribution is 6.30. The monoisotopic (exact) mass is 282 g/mol. The van der Waals surface area contributed by atoms with Gasteiger partial charge in [0.1, 0.15) is 5.75 Å². The van der Waals surface area contributed by atoms with Crippen molar-refractivity contribution >= 4 is 17.5 Å². The van der Waals surface area contributed by atoms with Gasteiger partial charge in [0.25, 0.3) is 5.91 Å². The van der Waals surface area contributed by atoms with Crippen LogP contribution in [0.4, 0.5) is 0 Å². The zero-order valence-electron chi connectivity index (χ0n) is 10.7. The molecular weight excluding hydrogens is 264 g/mol. The molecule has 2 unspecified atom stereocenters. The van der Waals surface area contributed by atoms with Crippen LogP contribution in [0, 0.1) is 5.92 Å². The number of carbonyl (C=O) groups is 1. The molecule has 4 N–H and O–H groups in total. The van der Waals surface area contributed by atoms with Crippen LogP contribution < -0.4 is 11.1 Å². The van der Waals surface area contributed by atoms with E-state index in [2.05, 4.69) is 5.32 Å². The maximum atomic E-state index is 12.2. The van der Waals surface area contributed by atoms with Crippen molar-refractivity contribution in [2.75, 3.05) is 6.54 Å². The average Bonchev–Trinajstić information content (AvgIpc) is 2.39. The second-order valence-electron chi connectivity index (χ2n) is 5.02. The number of nitrogens with one attached hydrogen (secondary N) is 1. The number of aromatic hydroxyl groups is 1. The molecule has 5 heteroatoms. The van der Waals surface area contributed by atoms with E-state index in [1.165, 1.54) is 18.6 Å². The van der Waals surface area contributed by atoms with Crippen LogP contribution >= 0.6 is 11.6 Å². The molecular formula is C14H19ClN2O2. The predicted octanol–water partition coefficient (Wildman–Crippen LogP) is 2.29. The molecule has 1 fully saturated rings. The summed E-state index contributed by atoms with van der Waals surface area (Å²) in [5, 5.41) is 13.1. The number of carbonyl (C=O) groups excluding carboxylic acids is 1. The third kappa shape index (κ3) is 3.39. The molecule has 1 saturated carbocycles. The van der Waals surface area contributed by atoms with Gasteiger partial charge in [0.2, 0.25) is 0 Å². The Morgan fingerprint density at radius 3 is 2.84 bits per heavy atom. The van der Waals surface area contributed by atoms with Gasteiger partial charge in [-0.1, -0.05) is 24.4 Å². The van der Waals surface area contributed by atoms with Crippen molar-refractivity contribution < 1.29 is 9.90 Å². The number of benzene rings is 1. The van der Waals surface area contributed by atoms with Gasteiger partial charge < -0.3 is 16.2 Å². The summed E-state index contributed by atoms with van der Waals surface area (Å²) in [5.74, 6) is -0.0308. The fourth-order valence-electron chi connectivity index (χ4n) is 2.62. The lowest BCUT2D eigenvalue weighted by molar-refractivity contribution is 0.0905. The summed E-state index contributed by atoms with van der Waals surface area (Å²) in [6.07, 6.45) is 4.27. The van der Waals surface area contributed by atoms with Crippen molar-refractivity contribution in [3.8, 4) is 5.75 Å². The molecule has 4 nitrogen and oxygen atoms in total. The molecule has 2 rings (SSSR count). The molecule has 0 spiro atoms. The lowest BCUT2D eigenvalue weighted by Gasteiger charge is -2.31. The SMILES string of the molecule is NCC1CCCCC1NC(=O)c1ccc(Cl)cc1O. The highest BCUT2D eigenvalue weighted by atomic mass is 35.5. The van der Waals surface area contributed by atoms with Gasteiger partial charge >= 0.3 is 0 Å². The number of rotatable bonds is 3. The molecule has 1 amide bonds. The van der Waals surface area contributed by atoms with Crippen LogP contribution in [0.25, 0.3) is 0 Å². The molecule has 1 aliphatic carbocycles. The normalized spacial score (nSPS) is 23.1. The number of hydrogen-bond acceptors (Lipinski definition) is 3. The van der Waals surface area contributed by atoms with E-state index in [4.69, 9.17) is 17.3 Å². The fraction of sp³-hybridized carbons (Fsp3) is 0.500. The van der Waals surface area contributed by atoms with Gasteiger partial charge in [0.05, 0.1) is 5.56 Å². The Morgan fingerprint density at radius 2 is 2.16 bits per heavy atom. The summed E-state index contributed by atoms with van der Waals surface area (Å²) < 4.78 is 0. The number of amides is 1. The summed E-state index contributed by atoms with van der Waals surface area (Å²) >= 11 is 5.75. The molecule has 0 aliphatic heterocycles. The Labute approximate surface area is 117 Å². The minimum Gasteiger partial charge on any atom is -0.507 e. The van der Waals surface area contributed by atoms with Crippen LogP contribution in [0.2, 0.25) is 5.02 Å². The summed E-state index contributed by atoms with van der Waals surface area (Å²) in [6.45, 7) is 0.581. The number of nitrogens with two attached hydrogens (primary N) is 1. The molecule has 0 radical (unpaired) electrons. The quantitative estimate of drug-likeness (QED) is 0.796. The number of phenols is 1. The Morgan fingerprint density at radius 1 is 1.42 bits per heavy atom. The lowest BCUT2D eigenvalue weighted by Crippen LogP contribution is -2.44. The first-order valence-corrected chi connectivity index (χ1v) is 6.99. The molecule has 1 aromatic carbocycles. The van der Waals surface area contributed by atoms with Crippen LogP contribution in [0.1, 0.15) is 36.0 Å². The highest BCUT2D eigenvalue weighted by Crippen LogP contribution is 2.25. The minimum absolute atomic E-state index is 0.0925. The summed E-state index contributed by atoms with van der Waals surface area (Å²) in [7, 11) is 0. The van der Waals surface area contributed by atoms with E-state index in [0.717, 1.165) is 19.3 Å². The van der Waals surface area contributed by atoms with E-state index in [1.54, 1.807) is 6.07 Å². The van der Waals surface area contributed by atoms with Gasteiger partial charge in [0, 0.05) is 11.1 Å². The smallest absolute Gasteiger partial charge is 0.255 e. The van der Waals surface area contributed by atoms with Gasteiger partial charge in [-0.15, -0.1) is 0 Å². The molecule has 104 valence electrons. The molecule has 2 atom stereocenters. The third-order valence-electron chi connectivity index (χ3n) is 3.73. The number of halogens is 1. The zero-order valence-corrected chi connectivity index (χ0v) is 11.5. The van der Waals surface area contributed by atoms with Crippen LogP contribution in [0.5, 0.6) is 5.75 Å². The lowest BCUT2D eigenvalue weighted by atomic mass is 9.84. The van der Waals surface area contributed by atoms with Crippen molar-refractivity contribution in [3.05, 3.63) is 28.8 Å². The first-order valence-electron chi connectivity index (χ1n) is 6.61. The Bertz CT molecular complexity index is 465. The second kappa shape index (κ2) is 6.26. The van der Waals surface area contributed by atoms with E-state index in [0.29, 0.717) is 17.5 Å². The van der Waals surface area contributed by atoms with E-state index in [9.17, 15) is 9.90 Å². The van der Waals surface area contributed by atoms with Gasteiger partial charge in [-0.3, -0.25) is 4.79 Å². The standard InChI is InChI=1S/C14H19ClN2O2/c15-10-5-6-11(13(18)7-10)14(19)17-12-4-2-1-3-9(12)8-16/h5-7,9,12,18H,1-4,8,16H2,(H,17,19). The van der Waals surface area contributed by atoms with Crippen molar-refractivity contribution in [2.24, 2.45) is 11.7 Å². The molecule has 19 heavy (non-hydrogen) atoms. The van der Waals surface area contributed by atoms with Gasteiger partial charge in [0.15, 0.2) is 0 Å².